The SMILES string of the molecule is O=C(O)Cn1cc(NC(=O)Cc2cccs2)nn1. The summed E-state index contributed by atoms with van der Waals surface area (Å²) in [5.41, 5.74) is 0. The van der Waals surface area contributed by atoms with Gasteiger partial charge in [0.25, 0.3) is 0 Å². The molecule has 0 saturated carbocycles. The zero-order chi connectivity index (χ0) is 13.0. The molecule has 0 bridgehead atoms. The Labute approximate surface area is 106 Å². The van der Waals surface area contributed by atoms with E-state index in [4.69, 9.17) is 5.11 Å². The van der Waals surface area contributed by atoms with Crippen LogP contribution in [0.25, 0.3) is 0 Å². The number of aromatic nitrogens is 3. The van der Waals surface area contributed by atoms with Crippen molar-refractivity contribution in [2.45, 2.75) is 13.0 Å². The van der Waals surface area contributed by atoms with Crippen LogP contribution in [0.2, 0.25) is 0 Å². The molecule has 2 rings (SSSR count). The zero-order valence-corrected chi connectivity index (χ0v) is 10.1. The number of aliphatic carboxylic acids is 1. The Morgan fingerprint density at radius 1 is 1.50 bits per heavy atom. The van der Waals surface area contributed by atoms with Crippen LogP contribution in [0.3, 0.4) is 0 Å². The van der Waals surface area contributed by atoms with Gasteiger partial charge in [0.1, 0.15) is 6.54 Å². The fourth-order valence-electron chi connectivity index (χ4n) is 1.33. The summed E-state index contributed by atoms with van der Waals surface area (Å²) in [6.45, 7) is -0.284. The van der Waals surface area contributed by atoms with Gasteiger partial charge in [-0.3, -0.25) is 9.59 Å². The highest BCUT2D eigenvalue weighted by molar-refractivity contribution is 7.10. The van der Waals surface area contributed by atoms with Gasteiger partial charge in [-0.25, -0.2) is 4.68 Å². The first-order valence-electron chi connectivity index (χ1n) is 5.07. The van der Waals surface area contributed by atoms with Crippen LogP contribution in [0.1, 0.15) is 4.88 Å². The number of carboxylic acid groups (broad SMARTS) is 1. The van der Waals surface area contributed by atoms with E-state index in [9.17, 15) is 9.59 Å². The molecule has 8 heteroatoms. The molecule has 0 aromatic carbocycles. The molecule has 0 fully saturated rings. The third kappa shape index (κ3) is 3.39. The van der Waals surface area contributed by atoms with Crippen LogP contribution in [0.15, 0.2) is 23.7 Å². The van der Waals surface area contributed by atoms with Gasteiger partial charge >= 0.3 is 5.97 Å². The van der Waals surface area contributed by atoms with Gasteiger partial charge in [0.15, 0.2) is 5.82 Å². The summed E-state index contributed by atoms with van der Waals surface area (Å²) in [5.74, 6) is -0.978. The molecule has 18 heavy (non-hydrogen) atoms. The molecular weight excluding hydrogens is 256 g/mol. The third-order valence-electron chi connectivity index (χ3n) is 2.02. The van der Waals surface area contributed by atoms with Crippen LogP contribution in [0, 0.1) is 0 Å². The van der Waals surface area contributed by atoms with E-state index >= 15 is 0 Å². The topological polar surface area (TPSA) is 97.1 Å². The number of hydrogen-bond donors (Lipinski definition) is 2. The maximum Gasteiger partial charge on any atom is 0.325 e. The quantitative estimate of drug-likeness (QED) is 0.826. The largest absolute Gasteiger partial charge is 0.480 e. The van der Waals surface area contributed by atoms with Crippen LogP contribution in [-0.2, 0) is 22.6 Å². The number of amides is 1. The minimum absolute atomic E-state index is 0.208. The number of hydrogen-bond acceptors (Lipinski definition) is 5. The van der Waals surface area contributed by atoms with Crippen LogP contribution in [0.4, 0.5) is 5.82 Å². The molecule has 0 atom stereocenters. The van der Waals surface area contributed by atoms with Gasteiger partial charge in [0.2, 0.25) is 5.91 Å². The summed E-state index contributed by atoms with van der Waals surface area (Å²) in [5, 5.41) is 20.2. The highest BCUT2D eigenvalue weighted by Crippen LogP contribution is 2.10. The van der Waals surface area contributed by atoms with Crippen LogP contribution in [-0.4, -0.2) is 32.0 Å². The lowest BCUT2D eigenvalue weighted by Crippen LogP contribution is -2.14. The predicted molar refractivity (Wildman–Crippen MR) is 64.3 cm³/mol. The number of carbonyl (C=O) groups is 2. The third-order valence-corrected chi connectivity index (χ3v) is 2.89. The molecule has 0 aliphatic heterocycles. The summed E-state index contributed by atoms with van der Waals surface area (Å²) < 4.78 is 1.14. The molecule has 7 nitrogen and oxygen atoms in total. The van der Waals surface area contributed by atoms with Gasteiger partial charge in [0.05, 0.1) is 12.6 Å². The molecule has 2 aromatic rings. The smallest absolute Gasteiger partial charge is 0.325 e. The first kappa shape index (κ1) is 12.2. The number of thiophene rings is 1. The Hall–Kier alpha value is -2.22. The Morgan fingerprint density at radius 2 is 2.33 bits per heavy atom. The number of nitrogens with zero attached hydrogens (tertiary/aromatic N) is 3. The summed E-state index contributed by atoms with van der Waals surface area (Å²) in [6.07, 6.45) is 1.64. The Bertz CT molecular complexity index is 549. The molecule has 2 N–H and O–H groups in total. The summed E-state index contributed by atoms with van der Waals surface area (Å²) >= 11 is 1.50. The van der Waals surface area contributed by atoms with Gasteiger partial charge in [0, 0.05) is 4.88 Å². The lowest BCUT2D eigenvalue weighted by atomic mass is 10.3. The normalized spacial score (nSPS) is 10.2. The molecule has 1 amide bonds. The first-order chi connectivity index (χ1) is 8.63. The zero-order valence-electron chi connectivity index (χ0n) is 9.24. The number of carbonyl (C=O) groups excluding carboxylic acids is 1. The second-order valence-corrected chi connectivity index (χ2v) is 4.53. The fourth-order valence-corrected chi connectivity index (χ4v) is 2.03. The van der Waals surface area contributed by atoms with E-state index in [-0.39, 0.29) is 24.7 Å². The van der Waals surface area contributed by atoms with Crippen molar-refractivity contribution in [2.75, 3.05) is 5.32 Å². The monoisotopic (exact) mass is 266 g/mol. The number of nitrogens with one attached hydrogen (secondary N) is 1. The van der Waals surface area contributed by atoms with Crippen LogP contribution >= 0.6 is 11.3 Å². The number of carboxylic acids is 1. The molecule has 0 radical (unpaired) electrons. The Kier molecular flexibility index (Phi) is 3.68. The highest BCUT2D eigenvalue weighted by atomic mass is 32.1. The van der Waals surface area contributed by atoms with Crippen molar-refractivity contribution in [1.29, 1.82) is 0 Å². The van der Waals surface area contributed by atoms with Crippen molar-refractivity contribution in [1.82, 2.24) is 15.0 Å². The number of rotatable bonds is 5. The summed E-state index contributed by atoms with van der Waals surface area (Å²) in [4.78, 5) is 23.0. The lowest BCUT2D eigenvalue weighted by molar-refractivity contribution is -0.137. The summed E-state index contributed by atoms with van der Waals surface area (Å²) in [6, 6.07) is 3.74. The lowest BCUT2D eigenvalue weighted by Gasteiger charge is -1.98. The number of anilines is 1. The molecule has 0 saturated heterocycles. The second kappa shape index (κ2) is 5.41. The van der Waals surface area contributed by atoms with Gasteiger partial charge in [-0.1, -0.05) is 11.3 Å². The molecule has 0 aliphatic rings. The van der Waals surface area contributed by atoms with E-state index in [1.165, 1.54) is 17.5 Å². The Morgan fingerprint density at radius 3 is 3.00 bits per heavy atom. The first-order valence-corrected chi connectivity index (χ1v) is 5.95. The van der Waals surface area contributed by atoms with E-state index < -0.39 is 5.97 Å². The molecule has 0 spiro atoms. The van der Waals surface area contributed by atoms with E-state index in [0.717, 1.165) is 9.56 Å². The van der Waals surface area contributed by atoms with Gasteiger partial charge < -0.3 is 10.4 Å². The van der Waals surface area contributed by atoms with Crippen molar-refractivity contribution in [2.24, 2.45) is 0 Å². The van der Waals surface area contributed by atoms with Crippen molar-refractivity contribution in [3.05, 3.63) is 28.6 Å². The fraction of sp³-hybridized carbons (Fsp3) is 0.200. The minimum atomic E-state index is -1.02. The highest BCUT2D eigenvalue weighted by Gasteiger charge is 2.08. The standard InChI is InChI=1S/C10H10N4O3S/c15-9(4-7-2-1-3-18-7)11-8-5-14(13-12-8)6-10(16)17/h1-3,5H,4,6H2,(H,11,15)(H,16,17). The van der Waals surface area contributed by atoms with Crippen molar-refractivity contribution in [3.63, 3.8) is 0 Å². The molecular formula is C10H10N4O3S. The molecule has 2 heterocycles. The van der Waals surface area contributed by atoms with Gasteiger partial charge in [-0.15, -0.1) is 16.4 Å². The van der Waals surface area contributed by atoms with Crippen LogP contribution < -0.4 is 5.32 Å². The average Bonchev–Trinajstić information content (AvgIpc) is 2.89. The van der Waals surface area contributed by atoms with Crippen LogP contribution in [0.5, 0.6) is 0 Å². The molecule has 2 aromatic heterocycles. The van der Waals surface area contributed by atoms with Gasteiger partial charge in [-0.05, 0) is 11.4 Å². The van der Waals surface area contributed by atoms with Crippen molar-refractivity contribution >= 4 is 29.0 Å². The van der Waals surface area contributed by atoms with E-state index in [1.807, 2.05) is 17.5 Å². The molecule has 94 valence electrons. The average molecular weight is 266 g/mol. The van der Waals surface area contributed by atoms with E-state index in [2.05, 4.69) is 15.6 Å². The van der Waals surface area contributed by atoms with E-state index in [1.54, 1.807) is 0 Å². The minimum Gasteiger partial charge on any atom is -0.480 e. The van der Waals surface area contributed by atoms with Crippen molar-refractivity contribution in [3.8, 4) is 0 Å². The Balaban J connectivity index is 1.91. The molecule has 0 aliphatic carbocycles. The second-order valence-electron chi connectivity index (χ2n) is 3.50. The summed E-state index contributed by atoms with van der Waals surface area (Å²) in [7, 11) is 0. The maximum absolute atomic E-state index is 11.6. The van der Waals surface area contributed by atoms with E-state index in [0.29, 0.717) is 0 Å². The van der Waals surface area contributed by atoms with Crippen molar-refractivity contribution < 1.29 is 14.7 Å². The van der Waals surface area contributed by atoms with Gasteiger partial charge in [-0.2, -0.15) is 0 Å². The predicted octanol–water partition coefficient (Wildman–Crippen LogP) is 0.605. The maximum atomic E-state index is 11.6. The molecule has 0 unspecified atom stereocenters.